The van der Waals surface area contributed by atoms with Gasteiger partial charge in [0, 0.05) is 17.3 Å². The Hall–Kier alpha value is -1.10. The second kappa shape index (κ2) is 6.37. The number of hydrogen-bond donors (Lipinski definition) is 0. The standard InChI is InChI=1S/C14H20BrNO3/c1-10-5-6-12(16(17)18)13(7-10)19-9-11(8-15)14(2,3)4/h5-7,11H,8-9H2,1-4H3. The topological polar surface area (TPSA) is 52.4 Å². The van der Waals surface area contributed by atoms with E-state index in [9.17, 15) is 10.1 Å². The summed E-state index contributed by atoms with van der Waals surface area (Å²) in [5, 5.41) is 11.8. The van der Waals surface area contributed by atoms with Gasteiger partial charge in [0.2, 0.25) is 0 Å². The van der Waals surface area contributed by atoms with Gasteiger partial charge in [0.25, 0.3) is 0 Å². The molecule has 0 spiro atoms. The molecule has 1 unspecified atom stereocenters. The zero-order valence-electron chi connectivity index (χ0n) is 11.8. The molecule has 0 aliphatic heterocycles. The molecule has 0 N–H and O–H groups in total. The zero-order valence-corrected chi connectivity index (χ0v) is 13.4. The number of rotatable bonds is 5. The highest BCUT2D eigenvalue weighted by atomic mass is 79.9. The summed E-state index contributed by atoms with van der Waals surface area (Å²) in [6, 6.07) is 4.92. The summed E-state index contributed by atoms with van der Waals surface area (Å²) in [6.07, 6.45) is 0. The van der Waals surface area contributed by atoms with Crippen molar-refractivity contribution in [3.8, 4) is 5.75 Å². The Kier molecular flexibility index (Phi) is 5.35. The Balaban J connectivity index is 2.87. The van der Waals surface area contributed by atoms with E-state index >= 15 is 0 Å². The summed E-state index contributed by atoms with van der Waals surface area (Å²) in [6.45, 7) is 8.74. The van der Waals surface area contributed by atoms with Crippen molar-refractivity contribution in [1.29, 1.82) is 0 Å². The molecule has 106 valence electrons. The highest BCUT2D eigenvalue weighted by Crippen LogP contribution is 2.32. The summed E-state index contributed by atoms with van der Waals surface area (Å²) < 4.78 is 5.69. The van der Waals surface area contributed by atoms with Crippen LogP contribution < -0.4 is 4.74 Å². The summed E-state index contributed by atoms with van der Waals surface area (Å²) in [5.41, 5.74) is 1.06. The average molecular weight is 330 g/mol. The van der Waals surface area contributed by atoms with Gasteiger partial charge in [-0.2, -0.15) is 0 Å². The van der Waals surface area contributed by atoms with Crippen LogP contribution in [0.15, 0.2) is 18.2 Å². The molecule has 19 heavy (non-hydrogen) atoms. The van der Waals surface area contributed by atoms with Crippen LogP contribution in [0, 0.1) is 28.4 Å². The first-order valence-electron chi connectivity index (χ1n) is 6.19. The molecule has 0 saturated heterocycles. The van der Waals surface area contributed by atoms with Crippen LogP contribution in [-0.4, -0.2) is 16.9 Å². The van der Waals surface area contributed by atoms with Crippen molar-refractivity contribution in [3.63, 3.8) is 0 Å². The quantitative estimate of drug-likeness (QED) is 0.458. The van der Waals surface area contributed by atoms with Crippen LogP contribution in [0.3, 0.4) is 0 Å². The van der Waals surface area contributed by atoms with Gasteiger partial charge in [0.15, 0.2) is 5.75 Å². The van der Waals surface area contributed by atoms with E-state index in [-0.39, 0.29) is 17.0 Å². The summed E-state index contributed by atoms with van der Waals surface area (Å²) in [4.78, 5) is 10.6. The van der Waals surface area contributed by atoms with E-state index in [1.807, 2.05) is 6.92 Å². The van der Waals surface area contributed by atoms with Gasteiger partial charge in [0.1, 0.15) is 0 Å². The highest BCUT2D eigenvalue weighted by Gasteiger charge is 2.25. The maximum Gasteiger partial charge on any atom is 0.310 e. The van der Waals surface area contributed by atoms with Gasteiger partial charge in [-0.3, -0.25) is 10.1 Å². The lowest BCUT2D eigenvalue weighted by Crippen LogP contribution is -2.28. The summed E-state index contributed by atoms with van der Waals surface area (Å²) in [7, 11) is 0. The van der Waals surface area contributed by atoms with Crippen molar-refractivity contribution in [3.05, 3.63) is 33.9 Å². The third-order valence-corrected chi connectivity index (χ3v) is 3.94. The number of nitro benzene ring substituents is 1. The predicted molar refractivity (Wildman–Crippen MR) is 80.1 cm³/mol. The van der Waals surface area contributed by atoms with Crippen molar-refractivity contribution < 1.29 is 9.66 Å². The second-order valence-corrected chi connectivity index (χ2v) is 6.40. The maximum atomic E-state index is 11.0. The Morgan fingerprint density at radius 3 is 2.53 bits per heavy atom. The van der Waals surface area contributed by atoms with E-state index in [2.05, 4.69) is 36.7 Å². The molecular weight excluding hydrogens is 310 g/mol. The first-order valence-corrected chi connectivity index (χ1v) is 7.31. The fraction of sp³-hybridized carbons (Fsp3) is 0.571. The van der Waals surface area contributed by atoms with E-state index in [4.69, 9.17) is 4.74 Å². The summed E-state index contributed by atoms with van der Waals surface area (Å²) in [5.74, 6) is 0.632. The first kappa shape index (κ1) is 16.0. The van der Waals surface area contributed by atoms with Gasteiger partial charge in [0.05, 0.1) is 11.5 Å². The van der Waals surface area contributed by atoms with E-state index in [1.54, 1.807) is 12.1 Å². The molecule has 0 amide bonds. The molecule has 0 aliphatic rings. The van der Waals surface area contributed by atoms with Gasteiger partial charge in [-0.05, 0) is 24.0 Å². The van der Waals surface area contributed by atoms with Crippen LogP contribution in [-0.2, 0) is 0 Å². The first-order chi connectivity index (χ1) is 8.75. The van der Waals surface area contributed by atoms with Crippen molar-refractivity contribution in [2.75, 3.05) is 11.9 Å². The van der Waals surface area contributed by atoms with Gasteiger partial charge in [-0.1, -0.05) is 42.8 Å². The molecule has 5 heteroatoms. The van der Waals surface area contributed by atoms with E-state index in [1.165, 1.54) is 6.07 Å². The third kappa shape index (κ3) is 4.49. The normalized spacial score (nSPS) is 13.1. The molecule has 0 heterocycles. The maximum absolute atomic E-state index is 11.0. The van der Waals surface area contributed by atoms with Crippen LogP contribution in [0.25, 0.3) is 0 Å². The average Bonchev–Trinajstić information content (AvgIpc) is 2.27. The van der Waals surface area contributed by atoms with E-state index in [0.29, 0.717) is 12.4 Å². The zero-order chi connectivity index (χ0) is 14.6. The molecule has 1 rings (SSSR count). The lowest BCUT2D eigenvalue weighted by molar-refractivity contribution is -0.385. The molecule has 0 aliphatic carbocycles. The molecule has 0 bridgehead atoms. The van der Waals surface area contributed by atoms with Gasteiger partial charge in [-0.25, -0.2) is 0 Å². The van der Waals surface area contributed by atoms with Crippen LogP contribution in [0.2, 0.25) is 0 Å². The molecular formula is C14H20BrNO3. The lowest BCUT2D eigenvalue weighted by Gasteiger charge is -2.28. The molecule has 0 aromatic heterocycles. The number of hydrogen-bond acceptors (Lipinski definition) is 3. The Labute approximate surface area is 122 Å². The number of halogens is 1. The SMILES string of the molecule is Cc1ccc([N+](=O)[O-])c(OCC(CBr)C(C)(C)C)c1. The number of aryl methyl sites for hydroxylation is 1. The third-order valence-electron chi connectivity index (χ3n) is 3.16. The molecule has 0 radical (unpaired) electrons. The smallest absolute Gasteiger partial charge is 0.310 e. The minimum absolute atomic E-state index is 0.0211. The number of nitrogens with zero attached hydrogens (tertiary/aromatic N) is 1. The minimum Gasteiger partial charge on any atom is -0.486 e. The number of ether oxygens (including phenoxy) is 1. The van der Waals surface area contributed by atoms with Crippen molar-refractivity contribution >= 4 is 21.6 Å². The molecule has 4 nitrogen and oxygen atoms in total. The fourth-order valence-corrected chi connectivity index (χ4v) is 2.76. The van der Waals surface area contributed by atoms with Gasteiger partial charge < -0.3 is 4.74 Å². The van der Waals surface area contributed by atoms with Gasteiger partial charge in [-0.15, -0.1) is 0 Å². The Bertz CT molecular complexity index is 454. The molecule has 1 aromatic rings. The molecule has 1 aromatic carbocycles. The molecule has 0 saturated carbocycles. The second-order valence-electron chi connectivity index (χ2n) is 5.76. The monoisotopic (exact) mass is 329 g/mol. The van der Waals surface area contributed by atoms with Crippen molar-refractivity contribution in [1.82, 2.24) is 0 Å². The van der Waals surface area contributed by atoms with Crippen LogP contribution in [0.5, 0.6) is 5.75 Å². The number of benzene rings is 1. The lowest BCUT2D eigenvalue weighted by atomic mass is 9.83. The Morgan fingerprint density at radius 2 is 2.05 bits per heavy atom. The van der Waals surface area contributed by atoms with Crippen LogP contribution >= 0.6 is 15.9 Å². The minimum atomic E-state index is -0.408. The predicted octanol–water partition coefficient (Wildman–Crippen LogP) is 4.34. The number of alkyl halides is 1. The summed E-state index contributed by atoms with van der Waals surface area (Å²) >= 11 is 3.47. The van der Waals surface area contributed by atoms with E-state index < -0.39 is 4.92 Å². The fourth-order valence-electron chi connectivity index (χ4n) is 1.60. The van der Waals surface area contributed by atoms with Gasteiger partial charge >= 0.3 is 5.69 Å². The van der Waals surface area contributed by atoms with E-state index in [0.717, 1.165) is 10.9 Å². The number of nitro groups is 1. The van der Waals surface area contributed by atoms with Crippen molar-refractivity contribution in [2.45, 2.75) is 27.7 Å². The molecule has 0 fully saturated rings. The highest BCUT2D eigenvalue weighted by molar-refractivity contribution is 9.09. The molecule has 1 atom stereocenters. The van der Waals surface area contributed by atoms with Crippen LogP contribution in [0.1, 0.15) is 26.3 Å². The van der Waals surface area contributed by atoms with Crippen molar-refractivity contribution in [2.24, 2.45) is 11.3 Å². The Morgan fingerprint density at radius 1 is 1.42 bits per heavy atom. The van der Waals surface area contributed by atoms with Crippen LogP contribution in [0.4, 0.5) is 5.69 Å². The largest absolute Gasteiger partial charge is 0.486 e.